The number of hydrogen-bond donors (Lipinski definition) is 2. The monoisotopic (exact) mass is 273 g/mol. The molecule has 108 valence electrons. The maximum absolute atomic E-state index is 12.2. The van der Waals surface area contributed by atoms with Crippen LogP contribution in [0.4, 0.5) is 0 Å². The summed E-state index contributed by atoms with van der Waals surface area (Å²) >= 11 is 0. The molecule has 0 bridgehead atoms. The third-order valence-corrected chi connectivity index (χ3v) is 4.27. The summed E-state index contributed by atoms with van der Waals surface area (Å²) in [4.78, 5) is 14.7. The van der Waals surface area contributed by atoms with Gasteiger partial charge in [-0.05, 0) is 49.9 Å². The molecule has 1 heterocycles. The maximum Gasteiger partial charge on any atom is 0.251 e. The van der Waals surface area contributed by atoms with Crippen molar-refractivity contribution in [3.8, 4) is 0 Å². The standard InChI is InChI=1S/C16H23N3O/c17-9-7-12-1-3-13(4-2-12)16(20)18-14-8-10-19(11-14)15-5-6-15/h1-4,14-15H,5-11,17H2,(H,18,20). The lowest BCUT2D eigenvalue weighted by atomic mass is 10.1. The Kier molecular flexibility index (Phi) is 4.03. The average Bonchev–Trinajstić information content (AvgIpc) is 3.21. The Morgan fingerprint density at radius 2 is 2.00 bits per heavy atom. The lowest BCUT2D eigenvalue weighted by Crippen LogP contribution is -2.37. The first-order chi connectivity index (χ1) is 9.76. The Morgan fingerprint density at radius 3 is 2.65 bits per heavy atom. The van der Waals surface area contributed by atoms with E-state index < -0.39 is 0 Å². The molecule has 3 rings (SSSR count). The molecule has 1 aromatic rings. The molecule has 1 atom stereocenters. The van der Waals surface area contributed by atoms with Gasteiger partial charge in [0.25, 0.3) is 5.91 Å². The second-order valence-corrected chi connectivity index (χ2v) is 5.92. The van der Waals surface area contributed by atoms with Gasteiger partial charge in [-0.2, -0.15) is 0 Å². The maximum atomic E-state index is 12.2. The van der Waals surface area contributed by atoms with Crippen LogP contribution in [-0.2, 0) is 6.42 Å². The van der Waals surface area contributed by atoms with Crippen molar-refractivity contribution in [3.05, 3.63) is 35.4 Å². The molecule has 2 aliphatic rings. The fraction of sp³-hybridized carbons (Fsp3) is 0.562. The number of rotatable bonds is 5. The Balaban J connectivity index is 1.53. The van der Waals surface area contributed by atoms with Crippen molar-refractivity contribution in [2.45, 2.75) is 37.8 Å². The van der Waals surface area contributed by atoms with Crippen molar-refractivity contribution in [1.82, 2.24) is 10.2 Å². The molecule has 1 unspecified atom stereocenters. The van der Waals surface area contributed by atoms with Crippen LogP contribution in [0, 0.1) is 0 Å². The smallest absolute Gasteiger partial charge is 0.251 e. The zero-order valence-corrected chi connectivity index (χ0v) is 11.8. The molecule has 1 aliphatic carbocycles. The second-order valence-electron chi connectivity index (χ2n) is 5.92. The predicted octanol–water partition coefficient (Wildman–Crippen LogP) is 1.15. The van der Waals surface area contributed by atoms with Gasteiger partial charge in [0.2, 0.25) is 0 Å². The van der Waals surface area contributed by atoms with Crippen LogP contribution in [0.25, 0.3) is 0 Å². The summed E-state index contributed by atoms with van der Waals surface area (Å²) in [5.41, 5.74) is 7.46. The van der Waals surface area contributed by atoms with Gasteiger partial charge in [-0.3, -0.25) is 9.69 Å². The van der Waals surface area contributed by atoms with Gasteiger partial charge in [-0.25, -0.2) is 0 Å². The first kappa shape index (κ1) is 13.6. The van der Waals surface area contributed by atoms with Crippen LogP contribution in [0.3, 0.4) is 0 Å². The fourth-order valence-electron chi connectivity index (χ4n) is 2.93. The minimum Gasteiger partial charge on any atom is -0.348 e. The van der Waals surface area contributed by atoms with Crippen molar-refractivity contribution in [3.63, 3.8) is 0 Å². The molecule has 4 heteroatoms. The summed E-state index contributed by atoms with van der Waals surface area (Å²) in [6.07, 6.45) is 4.61. The van der Waals surface area contributed by atoms with E-state index in [-0.39, 0.29) is 5.91 Å². The van der Waals surface area contributed by atoms with E-state index in [0.717, 1.165) is 37.5 Å². The molecule has 20 heavy (non-hydrogen) atoms. The third kappa shape index (κ3) is 3.19. The number of carbonyl (C=O) groups is 1. The summed E-state index contributed by atoms with van der Waals surface area (Å²) in [5, 5.41) is 3.15. The molecule has 1 saturated heterocycles. The van der Waals surface area contributed by atoms with Crippen molar-refractivity contribution in [1.29, 1.82) is 0 Å². The molecule has 1 amide bonds. The fourth-order valence-corrected chi connectivity index (χ4v) is 2.93. The summed E-state index contributed by atoms with van der Waals surface area (Å²) in [7, 11) is 0. The van der Waals surface area contributed by atoms with Crippen LogP contribution in [0.2, 0.25) is 0 Å². The van der Waals surface area contributed by atoms with Crippen molar-refractivity contribution < 1.29 is 4.79 Å². The van der Waals surface area contributed by atoms with E-state index in [1.807, 2.05) is 24.3 Å². The lowest BCUT2D eigenvalue weighted by Gasteiger charge is -2.15. The molecule has 1 saturated carbocycles. The van der Waals surface area contributed by atoms with E-state index in [0.29, 0.717) is 12.6 Å². The van der Waals surface area contributed by atoms with E-state index in [9.17, 15) is 4.79 Å². The minimum absolute atomic E-state index is 0.0481. The molecule has 0 radical (unpaired) electrons. The minimum atomic E-state index is 0.0481. The zero-order valence-electron chi connectivity index (χ0n) is 11.8. The second kappa shape index (κ2) is 5.94. The molecule has 1 aromatic carbocycles. The predicted molar refractivity (Wildman–Crippen MR) is 79.7 cm³/mol. The van der Waals surface area contributed by atoms with Crippen molar-refractivity contribution >= 4 is 5.91 Å². The third-order valence-electron chi connectivity index (χ3n) is 4.27. The van der Waals surface area contributed by atoms with Gasteiger partial charge in [0.15, 0.2) is 0 Å². The number of nitrogens with zero attached hydrogens (tertiary/aromatic N) is 1. The van der Waals surface area contributed by atoms with Crippen LogP contribution in [0.5, 0.6) is 0 Å². The van der Waals surface area contributed by atoms with Crippen molar-refractivity contribution in [2.75, 3.05) is 19.6 Å². The quantitative estimate of drug-likeness (QED) is 0.846. The van der Waals surface area contributed by atoms with Gasteiger partial charge in [0.1, 0.15) is 0 Å². The Labute approximate surface area is 120 Å². The van der Waals surface area contributed by atoms with E-state index in [4.69, 9.17) is 5.73 Å². The van der Waals surface area contributed by atoms with E-state index >= 15 is 0 Å². The van der Waals surface area contributed by atoms with E-state index in [2.05, 4.69) is 10.2 Å². The van der Waals surface area contributed by atoms with E-state index in [1.165, 1.54) is 18.4 Å². The molecule has 0 aromatic heterocycles. The normalized spacial score (nSPS) is 22.9. The Hall–Kier alpha value is -1.39. The number of likely N-dealkylation sites (tertiary alicyclic amines) is 1. The SMILES string of the molecule is NCCc1ccc(C(=O)NC2CCN(C3CC3)C2)cc1. The molecule has 3 N–H and O–H groups in total. The molecule has 1 aliphatic heterocycles. The van der Waals surface area contributed by atoms with Gasteiger partial charge >= 0.3 is 0 Å². The number of nitrogens with two attached hydrogens (primary N) is 1. The zero-order chi connectivity index (χ0) is 13.9. The highest BCUT2D eigenvalue weighted by Gasteiger charge is 2.34. The van der Waals surface area contributed by atoms with Gasteiger partial charge in [0, 0.05) is 30.7 Å². The van der Waals surface area contributed by atoms with Crippen LogP contribution in [0.1, 0.15) is 35.2 Å². The summed E-state index contributed by atoms with van der Waals surface area (Å²) in [5.74, 6) is 0.0481. The van der Waals surface area contributed by atoms with Crippen LogP contribution < -0.4 is 11.1 Å². The lowest BCUT2D eigenvalue weighted by molar-refractivity contribution is 0.0937. The van der Waals surface area contributed by atoms with Gasteiger partial charge in [-0.15, -0.1) is 0 Å². The number of hydrogen-bond acceptors (Lipinski definition) is 3. The number of benzene rings is 1. The highest BCUT2D eigenvalue weighted by atomic mass is 16.1. The molecule has 0 spiro atoms. The van der Waals surface area contributed by atoms with Crippen LogP contribution in [-0.4, -0.2) is 42.5 Å². The topological polar surface area (TPSA) is 58.4 Å². The van der Waals surface area contributed by atoms with Crippen LogP contribution in [0.15, 0.2) is 24.3 Å². The summed E-state index contributed by atoms with van der Waals surface area (Å²) < 4.78 is 0. The number of carbonyl (C=O) groups excluding carboxylic acids is 1. The van der Waals surface area contributed by atoms with Gasteiger partial charge in [0.05, 0.1) is 0 Å². The van der Waals surface area contributed by atoms with Gasteiger partial charge < -0.3 is 11.1 Å². The first-order valence-electron chi connectivity index (χ1n) is 7.60. The molecule has 4 nitrogen and oxygen atoms in total. The number of nitrogens with one attached hydrogen (secondary N) is 1. The Morgan fingerprint density at radius 1 is 1.25 bits per heavy atom. The Bertz CT molecular complexity index is 467. The molecular weight excluding hydrogens is 250 g/mol. The average molecular weight is 273 g/mol. The first-order valence-corrected chi connectivity index (χ1v) is 7.60. The highest BCUT2D eigenvalue weighted by molar-refractivity contribution is 5.94. The summed E-state index contributed by atoms with van der Waals surface area (Å²) in [6.45, 7) is 2.79. The van der Waals surface area contributed by atoms with Crippen LogP contribution >= 0.6 is 0 Å². The largest absolute Gasteiger partial charge is 0.348 e. The van der Waals surface area contributed by atoms with Gasteiger partial charge in [-0.1, -0.05) is 12.1 Å². The summed E-state index contributed by atoms with van der Waals surface area (Å²) in [6, 6.07) is 8.89. The molecule has 2 fully saturated rings. The van der Waals surface area contributed by atoms with E-state index in [1.54, 1.807) is 0 Å². The van der Waals surface area contributed by atoms with Crippen molar-refractivity contribution in [2.24, 2.45) is 5.73 Å². The number of amides is 1. The highest BCUT2D eigenvalue weighted by Crippen LogP contribution is 2.29. The molecular formula is C16H23N3O.